The van der Waals surface area contributed by atoms with Crippen LogP contribution >= 0.6 is 0 Å². The van der Waals surface area contributed by atoms with E-state index in [1.54, 1.807) is 48.5 Å². The van der Waals surface area contributed by atoms with Gasteiger partial charge in [0.1, 0.15) is 5.58 Å². The fraction of sp³-hybridized carbons (Fsp3) is 0.261. The molecule has 3 rings (SSSR count). The molecule has 0 aliphatic heterocycles. The molecule has 0 radical (unpaired) electrons. The van der Waals surface area contributed by atoms with Crippen LogP contribution in [-0.4, -0.2) is 18.5 Å². The Hall–Kier alpha value is -3.41. The van der Waals surface area contributed by atoms with Gasteiger partial charge in [0, 0.05) is 5.56 Å². The standard InChI is InChI=1S/C23H22O6/c1-2-3-15-27-19(24)13-14-20(25)29-23-21(26)17-11-7-8-12-18(17)28-22(23)16-9-5-4-6-10-16/h4-12H,2-3,13-15H2,1H3. The van der Waals surface area contributed by atoms with Crippen molar-refractivity contribution in [3.8, 4) is 17.1 Å². The highest BCUT2D eigenvalue weighted by Gasteiger charge is 2.20. The number of ether oxygens (including phenoxy) is 2. The van der Waals surface area contributed by atoms with Crippen LogP contribution in [0.1, 0.15) is 32.6 Å². The minimum Gasteiger partial charge on any atom is -0.466 e. The number of esters is 2. The van der Waals surface area contributed by atoms with E-state index in [1.165, 1.54) is 0 Å². The zero-order chi connectivity index (χ0) is 20.6. The maximum atomic E-state index is 12.9. The minimum atomic E-state index is -0.697. The van der Waals surface area contributed by atoms with Gasteiger partial charge >= 0.3 is 11.9 Å². The summed E-state index contributed by atoms with van der Waals surface area (Å²) in [5, 5.41) is 0.314. The van der Waals surface area contributed by atoms with Crippen molar-refractivity contribution in [1.82, 2.24) is 0 Å². The molecule has 0 aliphatic rings. The highest BCUT2D eigenvalue weighted by molar-refractivity contribution is 5.85. The first-order chi connectivity index (χ1) is 14.1. The quantitative estimate of drug-likeness (QED) is 0.414. The van der Waals surface area contributed by atoms with Crippen molar-refractivity contribution in [1.29, 1.82) is 0 Å². The molecule has 2 aromatic carbocycles. The number of hydrogen-bond donors (Lipinski definition) is 0. The molecule has 3 aromatic rings. The summed E-state index contributed by atoms with van der Waals surface area (Å²) in [5.74, 6) is -1.17. The van der Waals surface area contributed by atoms with Gasteiger partial charge < -0.3 is 13.9 Å². The van der Waals surface area contributed by atoms with Crippen molar-refractivity contribution in [3.05, 3.63) is 64.8 Å². The predicted octanol–water partition coefficient (Wildman–Crippen LogP) is 4.49. The number of rotatable bonds is 8. The van der Waals surface area contributed by atoms with Gasteiger partial charge in [0.15, 0.2) is 5.76 Å². The Bertz CT molecular complexity index is 1050. The van der Waals surface area contributed by atoms with Crippen molar-refractivity contribution >= 4 is 22.9 Å². The molecule has 0 unspecified atom stereocenters. The number of unbranched alkanes of at least 4 members (excludes halogenated alkanes) is 1. The van der Waals surface area contributed by atoms with Crippen molar-refractivity contribution in [2.45, 2.75) is 32.6 Å². The third-order valence-electron chi connectivity index (χ3n) is 4.30. The van der Waals surface area contributed by atoms with Crippen molar-refractivity contribution in [2.24, 2.45) is 0 Å². The second kappa shape index (κ2) is 9.68. The van der Waals surface area contributed by atoms with Crippen LogP contribution in [0.15, 0.2) is 63.8 Å². The molecule has 1 heterocycles. The van der Waals surface area contributed by atoms with E-state index in [2.05, 4.69) is 0 Å². The maximum absolute atomic E-state index is 12.9. The molecule has 150 valence electrons. The normalized spacial score (nSPS) is 10.7. The first kappa shape index (κ1) is 20.3. The Balaban J connectivity index is 1.84. The molecule has 0 amide bonds. The zero-order valence-electron chi connectivity index (χ0n) is 16.2. The molecule has 6 nitrogen and oxygen atoms in total. The third-order valence-corrected chi connectivity index (χ3v) is 4.30. The summed E-state index contributed by atoms with van der Waals surface area (Å²) < 4.78 is 16.3. The van der Waals surface area contributed by atoms with Gasteiger partial charge in [0.05, 0.1) is 24.8 Å². The average molecular weight is 394 g/mol. The molecule has 0 atom stereocenters. The summed E-state index contributed by atoms with van der Waals surface area (Å²) in [5.41, 5.74) is 0.567. The summed E-state index contributed by atoms with van der Waals surface area (Å²) in [6.45, 7) is 2.32. The lowest BCUT2D eigenvalue weighted by Crippen LogP contribution is -2.17. The molecule has 29 heavy (non-hydrogen) atoms. The molecule has 6 heteroatoms. The molecule has 0 aliphatic carbocycles. The topological polar surface area (TPSA) is 82.8 Å². The van der Waals surface area contributed by atoms with Gasteiger partial charge in [0.2, 0.25) is 11.2 Å². The van der Waals surface area contributed by atoms with Crippen LogP contribution in [-0.2, 0) is 14.3 Å². The molecule has 0 saturated carbocycles. The maximum Gasteiger partial charge on any atom is 0.312 e. The molecular weight excluding hydrogens is 372 g/mol. The van der Waals surface area contributed by atoms with E-state index < -0.39 is 17.4 Å². The number of hydrogen-bond acceptors (Lipinski definition) is 6. The largest absolute Gasteiger partial charge is 0.466 e. The number of carbonyl (C=O) groups excluding carboxylic acids is 2. The monoisotopic (exact) mass is 394 g/mol. The molecule has 0 spiro atoms. The Kier molecular flexibility index (Phi) is 6.79. The van der Waals surface area contributed by atoms with Gasteiger partial charge in [-0.05, 0) is 18.6 Å². The molecule has 0 N–H and O–H groups in total. The number of fused-ring (bicyclic) bond motifs is 1. The highest BCUT2D eigenvalue weighted by Crippen LogP contribution is 2.30. The fourth-order valence-electron chi connectivity index (χ4n) is 2.77. The van der Waals surface area contributed by atoms with Gasteiger partial charge in [-0.15, -0.1) is 0 Å². The van der Waals surface area contributed by atoms with Gasteiger partial charge in [-0.2, -0.15) is 0 Å². The number of carbonyl (C=O) groups is 2. The zero-order valence-corrected chi connectivity index (χ0v) is 16.2. The summed E-state index contributed by atoms with van der Waals surface area (Å²) >= 11 is 0. The lowest BCUT2D eigenvalue weighted by atomic mass is 10.1. The van der Waals surface area contributed by atoms with Crippen LogP contribution in [0.25, 0.3) is 22.3 Å². The minimum absolute atomic E-state index is 0.109. The van der Waals surface area contributed by atoms with Crippen LogP contribution in [0, 0.1) is 0 Å². The fourth-order valence-corrected chi connectivity index (χ4v) is 2.77. The van der Waals surface area contributed by atoms with Crippen LogP contribution in [0.2, 0.25) is 0 Å². The average Bonchev–Trinajstić information content (AvgIpc) is 2.75. The smallest absolute Gasteiger partial charge is 0.312 e. The number of benzene rings is 2. The van der Waals surface area contributed by atoms with Crippen molar-refractivity contribution in [3.63, 3.8) is 0 Å². The van der Waals surface area contributed by atoms with E-state index in [0.29, 0.717) is 23.1 Å². The lowest BCUT2D eigenvalue weighted by molar-refractivity contribution is -0.147. The lowest BCUT2D eigenvalue weighted by Gasteiger charge is -2.10. The first-order valence-corrected chi connectivity index (χ1v) is 9.57. The van der Waals surface area contributed by atoms with E-state index in [0.717, 1.165) is 12.8 Å². The SMILES string of the molecule is CCCCOC(=O)CCC(=O)Oc1c(-c2ccccc2)oc2ccccc2c1=O. The summed E-state index contributed by atoms with van der Waals surface area (Å²) in [4.78, 5) is 36.9. The Morgan fingerprint density at radius 3 is 2.38 bits per heavy atom. The Morgan fingerprint density at radius 1 is 0.931 bits per heavy atom. The van der Waals surface area contributed by atoms with E-state index in [1.807, 2.05) is 13.0 Å². The van der Waals surface area contributed by atoms with E-state index in [9.17, 15) is 14.4 Å². The third kappa shape index (κ3) is 5.10. The van der Waals surface area contributed by atoms with Gasteiger partial charge in [0.25, 0.3) is 0 Å². The molecule has 0 bridgehead atoms. The van der Waals surface area contributed by atoms with Crippen LogP contribution in [0.5, 0.6) is 5.75 Å². The first-order valence-electron chi connectivity index (χ1n) is 9.57. The Morgan fingerprint density at radius 2 is 1.62 bits per heavy atom. The second-order valence-corrected chi connectivity index (χ2v) is 6.50. The van der Waals surface area contributed by atoms with Gasteiger partial charge in [-0.1, -0.05) is 55.8 Å². The van der Waals surface area contributed by atoms with Crippen LogP contribution < -0.4 is 10.2 Å². The van der Waals surface area contributed by atoms with Crippen molar-refractivity contribution in [2.75, 3.05) is 6.61 Å². The van der Waals surface area contributed by atoms with E-state index in [-0.39, 0.29) is 24.4 Å². The van der Waals surface area contributed by atoms with Crippen LogP contribution in [0.3, 0.4) is 0 Å². The van der Waals surface area contributed by atoms with Crippen LogP contribution in [0.4, 0.5) is 0 Å². The summed E-state index contributed by atoms with van der Waals surface area (Å²) in [7, 11) is 0. The van der Waals surface area contributed by atoms with E-state index in [4.69, 9.17) is 13.9 Å². The molecule has 0 saturated heterocycles. The van der Waals surface area contributed by atoms with E-state index >= 15 is 0 Å². The highest BCUT2D eigenvalue weighted by atomic mass is 16.5. The van der Waals surface area contributed by atoms with Gasteiger partial charge in [-0.3, -0.25) is 14.4 Å². The molecule has 0 fully saturated rings. The second-order valence-electron chi connectivity index (χ2n) is 6.50. The number of para-hydroxylation sites is 1. The molecule has 1 aromatic heterocycles. The summed E-state index contributed by atoms with van der Waals surface area (Å²) in [6.07, 6.45) is 1.39. The molecular formula is C23H22O6. The predicted molar refractivity (Wildman–Crippen MR) is 109 cm³/mol. The summed E-state index contributed by atoms with van der Waals surface area (Å²) in [6, 6.07) is 15.7. The van der Waals surface area contributed by atoms with Crippen molar-refractivity contribution < 1.29 is 23.5 Å². The van der Waals surface area contributed by atoms with Gasteiger partial charge in [-0.25, -0.2) is 0 Å². The Labute approximate surface area is 168 Å².